The maximum atomic E-state index is 5.94. The summed E-state index contributed by atoms with van der Waals surface area (Å²) in [6, 6.07) is 8.71. The SMILES string of the molecule is Clc1cccc(CCNC2CCOCC2)c1. The van der Waals surface area contributed by atoms with Gasteiger partial charge in [0.25, 0.3) is 0 Å². The summed E-state index contributed by atoms with van der Waals surface area (Å²) in [5, 5.41) is 4.39. The van der Waals surface area contributed by atoms with E-state index in [1.807, 2.05) is 18.2 Å². The Morgan fingerprint density at radius 2 is 2.12 bits per heavy atom. The molecule has 0 saturated carbocycles. The van der Waals surface area contributed by atoms with E-state index in [4.69, 9.17) is 16.3 Å². The van der Waals surface area contributed by atoms with Gasteiger partial charge in [0.05, 0.1) is 0 Å². The van der Waals surface area contributed by atoms with Crippen LogP contribution in [0, 0.1) is 0 Å². The second-order valence-electron chi connectivity index (χ2n) is 4.22. The molecule has 0 amide bonds. The molecule has 1 aliphatic rings. The highest BCUT2D eigenvalue weighted by Gasteiger charge is 2.12. The van der Waals surface area contributed by atoms with Gasteiger partial charge in [0.1, 0.15) is 0 Å². The van der Waals surface area contributed by atoms with Crippen LogP contribution in [0.3, 0.4) is 0 Å². The third-order valence-electron chi connectivity index (χ3n) is 2.96. The lowest BCUT2D eigenvalue weighted by atomic mass is 10.1. The molecule has 0 radical (unpaired) electrons. The predicted octanol–water partition coefficient (Wildman–Crippen LogP) is 2.65. The first-order valence-corrected chi connectivity index (χ1v) is 6.28. The molecule has 1 aromatic rings. The van der Waals surface area contributed by atoms with Crippen molar-refractivity contribution in [3.63, 3.8) is 0 Å². The molecule has 1 aromatic carbocycles. The monoisotopic (exact) mass is 239 g/mol. The predicted molar refractivity (Wildman–Crippen MR) is 67.0 cm³/mol. The molecule has 1 aliphatic heterocycles. The van der Waals surface area contributed by atoms with E-state index in [1.165, 1.54) is 5.56 Å². The number of nitrogens with one attached hydrogen (secondary N) is 1. The second-order valence-corrected chi connectivity index (χ2v) is 4.66. The Morgan fingerprint density at radius 3 is 2.88 bits per heavy atom. The van der Waals surface area contributed by atoms with Crippen molar-refractivity contribution in [2.75, 3.05) is 19.8 Å². The van der Waals surface area contributed by atoms with E-state index in [9.17, 15) is 0 Å². The molecule has 2 nitrogen and oxygen atoms in total. The Hall–Kier alpha value is -0.570. The summed E-state index contributed by atoms with van der Waals surface area (Å²) < 4.78 is 5.32. The first-order valence-electron chi connectivity index (χ1n) is 5.90. The van der Waals surface area contributed by atoms with Crippen molar-refractivity contribution < 1.29 is 4.74 Å². The summed E-state index contributed by atoms with van der Waals surface area (Å²) in [6.07, 6.45) is 3.31. The van der Waals surface area contributed by atoms with Gasteiger partial charge in [-0.25, -0.2) is 0 Å². The third-order valence-corrected chi connectivity index (χ3v) is 3.19. The Morgan fingerprint density at radius 1 is 1.31 bits per heavy atom. The Kier molecular flexibility index (Phi) is 4.64. The molecule has 0 aliphatic carbocycles. The van der Waals surface area contributed by atoms with E-state index in [0.717, 1.165) is 44.0 Å². The molecule has 0 bridgehead atoms. The fourth-order valence-corrected chi connectivity index (χ4v) is 2.23. The molecule has 2 rings (SSSR count). The van der Waals surface area contributed by atoms with Gasteiger partial charge in [-0.3, -0.25) is 0 Å². The van der Waals surface area contributed by atoms with Gasteiger partial charge < -0.3 is 10.1 Å². The summed E-state index contributed by atoms with van der Waals surface area (Å²) in [5.74, 6) is 0. The molecule has 0 unspecified atom stereocenters. The molecular formula is C13H18ClNO. The highest BCUT2D eigenvalue weighted by molar-refractivity contribution is 6.30. The molecule has 0 aromatic heterocycles. The fraction of sp³-hybridized carbons (Fsp3) is 0.538. The van der Waals surface area contributed by atoms with Crippen LogP contribution < -0.4 is 5.32 Å². The Bertz CT molecular complexity index is 323. The lowest BCUT2D eigenvalue weighted by molar-refractivity contribution is 0.0782. The third kappa shape index (κ3) is 3.78. The standard InChI is InChI=1S/C13H18ClNO/c14-12-3-1-2-11(10-12)4-7-15-13-5-8-16-9-6-13/h1-3,10,13,15H,4-9H2. The summed E-state index contributed by atoms with van der Waals surface area (Å²) in [5.41, 5.74) is 1.30. The van der Waals surface area contributed by atoms with Crippen LogP contribution in [0.2, 0.25) is 5.02 Å². The van der Waals surface area contributed by atoms with Crippen molar-refractivity contribution in [3.8, 4) is 0 Å². The largest absolute Gasteiger partial charge is 0.381 e. The summed E-state index contributed by atoms with van der Waals surface area (Å²) in [4.78, 5) is 0. The van der Waals surface area contributed by atoms with Gasteiger partial charge in [-0.1, -0.05) is 23.7 Å². The lowest BCUT2D eigenvalue weighted by Gasteiger charge is -2.23. The maximum Gasteiger partial charge on any atom is 0.0480 e. The molecule has 88 valence electrons. The van der Waals surface area contributed by atoms with Crippen LogP contribution in [-0.4, -0.2) is 25.8 Å². The summed E-state index contributed by atoms with van der Waals surface area (Å²) >= 11 is 5.94. The smallest absolute Gasteiger partial charge is 0.0480 e. The number of hydrogen-bond acceptors (Lipinski definition) is 2. The molecule has 1 saturated heterocycles. The van der Waals surface area contributed by atoms with Crippen molar-refractivity contribution in [1.29, 1.82) is 0 Å². The van der Waals surface area contributed by atoms with Crippen molar-refractivity contribution in [1.82, 2.24) is 5.32 Å². The van der Waals surface area contributed by atoms with Crippen molar-refractivity contribution in [2.45, 2.75) is 25.3 Å². The van der Waals surface area contributed by atoms with Crippen LogP contribution >= 0.6 is 11.6 Å². The summed E-state index contributed by atoms with van der Waals surface area (Å²) in [6.45, 7) is 2.81. The van der Waals surface area contributed by atoms with Gasteiger partial charge in [-0.05, 0) is 43.5 Å². The highest BCUT2D eigenvalue weighted by atomic mass is 35.5. The molecule has 0 spiro atoms. The quantitative estimate of drug-likeness (QED) is 0.872. The molecule has 1 heterocycles. The highest BCUT2D eigenvalue weighted by Crippen LogP contribution is 2.11. The molecule has 1 fully saturated rings. The first kappa shape index (κ1) is 11.9. The zero-order valence-corrected chi connectivity index (χ0v) is 10.2. The zero-order valence-electron chi connectivity index (χ0n) is 9.42. The normalized spacial score (nSPS) is 17.6. The van der Waals surface area contributed by atoms with Crippen LogP contribution in [0.15, 0.2) is 24.3 Å². The van der Waals surface area contributed by atoms with Crippen molar-refractivity contribution >= 4 is 11.6 Å². The van der Waals surface area contributed by atoms with Crippen LogP contribution in [0.4, 0.5) is 0 Å². The fourth-order valence-electron chi connectivity index (χ4n) is 2.01. The van der Waals surface area contributed by atoms with E-state index >= 15 is 0 Å². The van der Waals surface area contributed by atoms with Gasteiger partial charge in [0.2, 0.25) is 0 Å². The second kappa shape index (κ2) is 6.24. The maximum absolute atomic E-state index is 5.94. The Labute approximate surface area is 102 Å². The van der Waals surface area contributed by atoms with E-state index in [2.05, 4.69) is 11.4 Å². The average Bonchev–Trinajstić information content (AvgIpc) is 2.30. The van der Waals surface area contributed by atoms with Gasteiger partial charge in [0.15, 0.2) is 0 Å². The molecule has 3 heteroatoms. The topological polar surface area (TPSA) is 21.3 Å². The number of hydrogen-bond donors (Lipinski definition) is 1. The minimum atomic E-state index is 0.632. The van der Waals surface area contributed by atoms with Gasteiger partial charge >= 0.3 is 0 Å². The minimum Gasteiger partial charge on any atom is -0.381 e. The number of ether oxygens (including phenoxy) is 1. The van der Waals surface area contributed by atoms with Crippen LogP contribution in [0.5, 0.6) is 0 Å². The lowest BCUT2D eigenvalue weighted by Crippen LogP contribution is -2.35. The van der Waals surface area contributed by atoms with Crippen LogP contribution in [-0.2, 0) is 11.2 Å². The first-order chi connectivity index (χ1) is 7.84. The van der Waals surface area contributed by atoms with Crippen molar-refractivity contribution in [3.05, 3.63) is 34.9 Å². The minimum absolute atomic E-state index is 0.632. The summed E-state index contributed by atoms with van der Waals surface area (Å²) in [7, 11) is 0. The van der Waals surface area contributed by atoms with Crippen molar-refractivity contribution in [2.24, 2.45) is 0 Å². The van der Waals surface area contributed by atoms with E-state index in [-0.39, 0.29) is 0 Å². The van der Waals surface area contributed by atoms with E-state index in [0.29, 0.717) is 6.04 Å². The van der Waals surface area contributed by atoms with E-state index in [1.54, 1.807) is 0 Å². The number of rotatable bonds is 4. The average molecular weight is 240 g/mol. The molecule has 1 N–H and O–H groups in total. The molecule has 0 atom stereocenters. The van der Waals surface area contributed by atoms with Crippen LogP contribution in [0.25, 0.3) is 0 Å². The number of halogens is 1. The molecular weight excluding hydrogens is 222 g/mol. The molecule has 16 heavy (non-hydrogen) atoms. The van der Waals surface area contributed by atoms with Crippen LogP contribution in [0.1, 0.15) is 18.4 Å². The van der Waals surface area contributed by atoms with Gasteiger partial charge in [0, 0.05) is 24.3 Å². The zero-order chi connectivity index (χ0) is 11.2. The van der Waals surface area contributed by atoms with Gasteiger partial charge in [-0.2, -0.15) is 0 Å². The Balaban J connectivity index is 1.71. The number of benzene rings is 1. The van der Waals surface area contributed by atoms with E-state index < -0.39 is 0 Å². The van der Waals surface area contributed by atoms with Gasteiger partial charge in [-0.15, -0.1) is 0 Å².